The van der Waals surface area contributed by atoms with Gasteiger partial charge in [0.2, 0.25) is 5.91 Å². The van der Waals surface area contributed by atoms with Crippen LogP contribution in [0.15, 0.2) is 46.5 Å². The zero-order valence-corrected chi connectivity index (χ0v) is 17.0. The number of pyridine rings is 1. The number of nitrogens with one attached hydrogen (secondary N) is 1. The van der Waals surface area contributed by atoms with Gasteiger partial charge in [0.25, 0.3) is 0 Å². The van der Waals surface area contributed by atoms with Gasteiger partial charge in [-0.2, -0.15) is 0 Å². The fourth-order valence-corrected chi connectivity index (χ4v) is 4.05. The van der Waals surface area contributed by atoms with Gasteiger partial charge in [0.15, 0.2) is 5.75 Å². The molecule has 3 rings (SSSR count). The van der Waals surface area contributed by atoms with Crippen molar-refractivity contribution in [2.45, 2.75) is 13.3 Å². The molecule has 2 heterocycles. The number of ether oxygens (including phenoxy) is 1. The Bertz CT molecular complexity index is 918. The second-order valence-electron chi connectivity index (χ2n) is 5.31. The van der Waals surface area contributed by atoms with Crippen molar-refractivity contribution in [3.05, 3.63) is 57.2 Å². The SMILES string of the molecule is CCOc1c(Br)cc(Cl)cc1NC(=O)Cc1csc(-c2cccnc2)n1. The van der Waals surface area contributed by atoms with Gasteiger partial charge in [0.05, 0.1) is 28.9 Å². The topological polar surface area (TPSA) is 64.1 Å². The summed E-state index contributed by atoms with van der Waals surface area (Å²) in [5.74, 6) is 0.364. The number of nitrogens with zero attached hydrogens (tertiary/aromatic N) is 2. The first-order valence-electron chi connectivity index (χ1n) is 7.83. The average molecular weight is 453 g/mol. The Balaban J connectivity index is 1.73. The van der Waals surface area contributed by atoms with E-state index in [0.29, 0.717) is 33.2 Å². The van der Waals surface area contributed by atoms with Crippen molar-refractivity contribution in [1.82, 2.24) is 9.97 Å². The van der Waals surface area contributed by atoms with Crippen LogP contribution in [-0.2, 0) is 11.2 Å². The molecule has 8 heteroatoms. The van der Waals surface area contributed by atoms with Gasteiger partial charge in [-0.15, -0.1) is 11.3 Å². The predicted molar refractivity (Wildman–Crippen MR) is 108 cm³/mol. The van der Waals surface area contributed by atoms with Gasteiger partial charge in [-0.25, -0.2) is 4.98 Å². The Labute approximate surface area is 168 Å². The third-order valence-corrected chi connectivity index (χ3v) is 5.12. The van der Waals surface area contributed by atoms with Crippen LogP contribution in [0, 0.1) is 0 Å². The van der Waals surface area contributed by atoms with E-state index in [1.165, 1.54) is 11.3 Å². The number of carbonyl (C=O) groups is 1. The lowest BCUT2D eigenvalue weighted by Crippen LogP contribution is -2.15. The highest BCUT2D eigenvalue weighted by Crippen LogP contribution is 2.36. The maximum atomic E-state index is 12.4. The molecule has 0 spiro atoms. The minimum absolute atomic E-state index is 0.159. The van der Waals surface area contributed by atoms with Crippen molar-refractivity contribution in [3.63, 3.8) is 0 Å². The van der Waals surface area contributed by atoms with Crippen LogP contribution >= 0.6 is 38.9 Å². The van der Waals surface area contributed by atoms with Crippen LogP contribution in [0.5, 0.6) is 5.75 Å². The minimum atomic E-state index is -0.192. The monoisotopic (exact) mass is 451 g/mol. The molecule has 0 aliphatic carbocycles. The van der Waals surface area contributed by atoms with Crippen LogP contribution in [0.4, 0.5) is 5.69 Å². The molecule has 3 aromatic rings. The van der Waals surface area contributed by atoms with Crippen LogP contribution in [0.25, 0.3) is 10.6 Å². The zero-order valence-electron chi connectivity index (χ0n) is 13.8. The van der Waals surface area contributed by atoms with Crippen molar-refractivity contribution in [1.29, 1.82) is 0 Å². The summed E-state index contributed by atoms with van der Waals surface area (Å²) in [7, 11) is 0. The summed E-state index contributed by atoms with van der Waals surface area (Å²) in [5.41, 5.74) is 2.16. The lowest BCUT2D eigenvalue weighted by atomic mass is 10.2. The minimum Gasteiger partial charge on any atom is -0.491 e. The molecule has 0 aliphatic heterocycles. The van der Waals surface area contributed by atoms with Crippen LogP contribution in [0.3, 0.4) is 0 Å². The highest BCUT2D eigenvalue weighted by Gasteiger charge is 2.15. The molecule has 0 unspecified atom stereocenters. The van der Waals surface area contributed by atoms with Crippen molar-refractivity contribution in [3.8, 4) is 16.3 Å². The van der Waals surface area contributed by atoms with Gasteiger partial charge in [-0.3, -0.25) is 9.78 Å². The lowest BCUT2D eigenvalue weighted by molar-refractivity contribution is -0.115. The Hall–Kier alpha value is -1.96. The van der Waals surface area contributed by atoms with Crippen molar-refractivity contribution < 1.29 is 9.53 Å². The standard InChI is InChI=1S/C18H15BrClN3O2S/c1-2-25-17-14(19)6-12(20)7-15(17)23-16(24)8-13-10-26-18(22-13)11-4-3-5-21-9-11/h3-7,9-10H,2,8H2,1H3,(H,23,24). The fraction of sp³-hybridized carbons (Fsp3) is 0.167. The Morgan fingerprint density at radius 1 is 1.42 bits per heavy atom. The van der Waals surface area contributed by atoms with Gasteiger partial charge in [0, 0.05) is 28.4 Å². The largest absolute Gasteiger partial charge is 0.491 e. The normalized spacial score (nSPS) is 10.6. The van der Waals surface area contributed by atoms with Gasteiger partial charge < -0.3 is 10.1 Å². The number of halogens is 2. The van der Waals surface area contributed by atoms with Crippen LogP contribution in [0.1, 0.15) is 12.6 Å². The molecule has 0 aliphatic rings. The lowest BCUT2D eigenvalue weighted by Gasteiger charge is -2.13. The molecule has 0 saturated heterocycles. The second-order valence-corrected chi connectivity index (χ2v) is 7.46. The smallest absolute Gasteiger partial charge is 0.230 e. The summed E-state index contributed by atoms with van der Waals surface area (Å²) >= 11 is 11.0. The number of benzene rings is 1. The molecule has 0 radical (unpaired) electrons. The molecule has 1 amide bonds. The average Bonchev–Trinajstić information content (AvgIpc) is 3.07. The summed E-state index contributed by atoms with van der Waals surface area (Å²) < 4.78 is 6.28. The maximum absolute atomic E-state index is 12.4. The molecule has 134 valence electrons. The van der Waals surface area contributed by atoms with Gasteiger partial charge in [-0.05, 0) is 47.1 Å². The van der Waals surface area contributed by atoms with E-state index in [4.69, 9.17) is 16.3 Å². The second kappa shape index (κ2) is 8.62. The number of hydrogen-bond acceptors (Lipinski definition) is 5. The van der Waals surface area contributed by atoms with E-state index in [2.05, 4.69) is 31.2 Å². The van der Waals surface area contributed by atoms with E-state index in [-0.39, 0.29) is 12.3 Å². The van der Waals surface area contributed by atoms with Crippen LogP contribution < -0.4 is 10.1 Å². The van der Waals surface area contributed by atoms with Crippen LogP contribution in [0.2, 0.25) is 5.02 Å². The van der Waals surface area contributed by atoms with Gasteiger partial charge >= 0.3 is 0 Å². The summed E-state index contributed by atoms with van der Waals surface area (Å²) in [6.07, 6.45) is 3.62. The Morgan fingerprint density at radius 3 is 3.00 bits per heavy atom. The van der Waals surface area contributed by atoms with Crippen molar-refractivity contribution >= 4 is 50.5 Å². The van der Waals surface area contributed by atoms with Crippen molar-refractivity contribution in [2.75, 3.05) is 11.9 Å². The highest BCUT2D eigenvalue weighted by atomic mass is 79.9. The molecular weight excluding hydrogens is 438 g/mol. The molecule has 5 nitrogen and oxygen atoms in total. The maximum Gasteiger partial charge on any atom is 0.230 e. The summed E-state index contributed by atoms with van der Waals surface area (Å²) in [5, 5.41) is 6.06. The van der Waals surface area contributed by atoms with E-state index >= 15 is 0 Å². The number of rotatable bonds is 6. The van der Waals surface area contributed by atoms with E-state index in [1.54, 1.807) is 24.5 Å². The third kappa shape index (κ3) is 4.60. The van der Waals surface area contributed by atoms with E-state index < -0.39 is 0 Å². The zero-order chi connectivity index (χ0) is 18.5. The third-order valence-electron chi connectivity index (χ3n) is 3.37. The Kier molecular flexibility index (Phi) is 6.24. The molecule has 26 heavy (non-hydrogen) atoms. The first-order chi connectivity index (χ1) is 12.6. The van der Waals surface area contributed by atoms with Gasteiger partial charge in [-0.1, -0.05) is 11.6 Å². The molecule has 0 saturated carbocycles. The summed E-state index contributed by atoms with van der Waals surface area (Å²) in [6, 6.07) is 7.18. The molecular formula is C18H15BrClN3O2S. The molecule has 1 N–H and O–H groups in total. The van der Waals surface area contributed by atoms with E-state index in [9.17, 15) is 4.79 Å². The predicted octanol–water partition coefficient (Wildman–Crippen LogP) is 5.20. The fourth-order valence-electron chi connectivity index (χ4n) is 2.31. The first kappa shape index (κ1) is 18.8. The summed E-state index contributed by atoms with van der Waals surface area (Å²) in [4.78, 5) is 21.0. The molecule has 0 atom stereocenters. The van der Waals surface area contributed by atoms with Crippen LogP contribution in [-0.4, -0.2) is 22.5 Å². The number of amides is 1. The molecule has 0 bridgehead atoms. The quantitative estimate of drug-likeness (QED) is 0.558. The van der Waals surface area contributed by atoms with Gasteiger partial charge in [0.1, 0.15) is 5.01 Å². The van der Waals surface area contributed by atoms with E-state index in [1.807, 2.05) is 24.4 Å². The van der Waals surface area contributed by atoms with E-state index in [0.717, 1.165) is 10.6 Å². The molecule has 1 aromatic carbocycles. The number of hydrogen-bond donors (Lipinski definition) is 1. The molecule has 2 aromatic heterocycles. The van der Waals surface area contributed by atoms with Crippen molar-refractivity contribution in [2.24, 2.45) is 0 Å². The highest BCUT2D eigenvalue weighted by molar-refractivity contribution is 9.10. The molecule has 0 fully saturated rings. The number of carbonyl (C=O) groups excluding carboxylic acids is 1. The first-order valence-corrected chi connectivity index (χ1v) is 9.88. The number of anilines is 1. The number of aromatic nitrogens is 2. The summed E-state index contributed by atoms with van der Waals surface area (Å²) in [6.45, 7) is 2.35. The Morgan fingerprint density at radius 2 is 2.27 bits per heavy atom. The number of thiazole rings is 1.